The topological polar surface area (TPSA) is 98.5 Å². The molecule has 0 unspecified atom stereocenters. The van der Waals surface area contributed by atoms with E-state index in [9.17, 15) is 31.7 Å². The summed E-state index contributed by atoms with van der Waals surface area (Å²) < 4.78 is 70.5. The van der Waals surface area contributed by atoms with E-state index in [1.54, 1.807) is 4.72 Å². The summed E-state index contributed by atoms with van der Waals surface area (Å²) in [5.74, 6) is -5.13. The molecule has 0 aliphatic carbocycles. The van der Waals surface area contributed by atoms with Crippen molar-refractivity contribution in [1.82, 2.24) is 0 Å². The molecule has 24 heavy (non-hydrogen) atoms. The Morgan fingerprint density at radius 1 is 1.12 bits per heavy atom. The third kappa shape index (κ3) is 3.25. The van der Waals surface area contributed by atoms with E-state index in [1.807, 2.05) is 0 Å². The van der Waals surface area contributed by atoms with Gasteiger partial charge < -0.3 is 4.74 Å². The number of ether oxygens (including phenoxy) is 1. The monoisotopic (exact) mass is 362 g/mol. The molecule has 2 rings (SSSR count). The Hall–Kier alpha value is -2.82. The highest BCUT2D eigenvalue weighted by molar-refractivity contribution is 7.92. The molecule has 0 aliphatic rings. The van der Waals surface area contributed by atoms with Gasteiger partial charge in [0.1, 0.15) is 5.75 Å². The van der Waals surface area contributed by atoms with Crippen molar-refractivity contribution < 1.29 is 31.2 Å². The molecule has 0 aromatic heterocycles. The fourth-order valence-electron chi connectivity index (χ4n) is 1.80. The van der Waals surface area contributed by atoms with Gasteiger partial charge in [-0.3, -0.25) is 14.8 Å². The van der Waals surface area contributed by atoms with E-state index in [4.69, 9.17) is 4.74 Å². The van der Waals surface area contributed by atoms with Gasteiger partial charge in [-0.1, -0.05) is 0 Å². The lowest BCUT2D eigenvalue weighted by Crippen LogP contribution is -2.16. The third-order valence-corrected chi connectivity index (χ3v) is 4.34. The van der Waals surface area contributed by atoms with E-state index in [1.165, 1.54) is 7.11 Å². The first-order valence-corrected chi connectivity index (χ1v) is 7.64. The second-order valence-corrected chi connectivity index (χ2v) is 6.07. The normalized spacial score (nSPS) is 11.2. The summed E-state index contributed by atoms with van der Waals surface area (Å²) in [6, 6.07) is 4.04. The molecule has 0 saturated carbocycles. The second kappa shape index (κ2) is 6.35. The number of nitro groups is 1. The number of nitrogens with one attached hydrogen (secondary N) is 1. The maximum Gasteiger partial charge on any atom is 0.293 e. The highest BCUT2D eigenvalue weighted by atomic mass is 32.2. The van der Waals surface area contributed by atoms with Crippen LogP contribution in [0.2, 0.25) is 0 Å². The average molecular weight is 362 g/mol. The molecule has 7 nitrogen and oxygen atoms in total. The fraction of sp³-hybridized carbons (Fsp3) is 0.0769. The van der Waals surface area contributed by atoms with Crippen LogP contribution in [0.4, 0.5) is 24.5 Å². The van der Waals surface area contributed by atoms with Gasteiger partial charge in [0.05, 0.1) is 23.8 Å². The lowest BCUT2D eigenvalue weighted by Gasteiger charge is -2.10. The van der Waals surface area contributed by atoms with Gasteiger partial charge in [-0.05, 0) is 24.3 Å². The summed E-state index contributed by atoms with van der Waals surface area (Å²) in [5, 5.41) is 11.0. The third-order valence-electron chi connectivity index (χ3n) is 2.93. The zero-order valence-electron chi connectivity index (χ0n) is 11.9. The van der Waals surface area contributed by atoms with Gasteiger partial charge in [-0.2, -0.15) is 0 Å². The van der Waals surface area contributed by atoms with Crippen LogP contribution in [0.15, 0.2) is 35.2 Å². The number of benzene rings is 2. The van der Waals surface area contributed by atoms with Gasteiger partial charge in [0.25, 0.3) is 15.7 Å². The fourth-order valence-corrected chi connectivity index (χ4v) is 3.01. The van der Waals surface area contributed by atoms with Crippen molar-refractivity contribution in [2.75, 3.05) is 11.8 Å². The Morgan fingerprint density at radius 3 is 2.38 bits per heavy atom. The molecule has 0 bridgehead atoms. The van der Waals surface area contributed by atoms with Crippen LogP contribution in [0.1, 0.15) is 0 Å². The molecule has 0 spiro atoms. The van der Waals surface area contributed by atoms with E-state index in [0.717, 1.165) is 18.2 Å². The van der Waals surface area contributed by atoms with Crippen LogP contribution in [-0.2, 0) is 10.0 Å². The van der Waals surface area contributed by atoms with Crippen LogP contribution >= 0.6 is 0 Å². The molecule has 0 atom stereocenters. The molecule has 0 heterocycles. The van der Waals surface area contributed by atoms with E-state index < -0.39 is 48.7 Å². The number of hydrogen-bond donors (Lipinski definition) is 1. The Bertz CT molecular complexity index is 918. The number of anilines is 1. The molecule has 11 heteroatoms. The average Bonchev–Trinajstić information content (AvgIpc) is 2.54. The number of methoxy groups -OCH3 is 1. The van der Waals surface area contributed by atoms with Gasteiger partial charge >= 0.3 is 0 Å². The predicted molar refractivity (Wildman–Crippen MR) is 76.8 cm³/mol. The van der Waals surface area contributed by atoms with E-state index in [0.29, 0.717) is 12.1 Å². The number of halogens is 3. The van der Waals surface area contributed by atoms with E-state index in [-0.39, 0.29) is 5.75 Å². The number of hydrogen-bond acceptors (Lipinski definition) is 5. The van der Waals surface area contributed by atoms with Crippen molar-refractivity contribution >= 4 is 21.4 Å². The van der Waals surface area contributed by atoms with E-state index in [2.05, 4.69) is 0 Å². The molecular formula is C13H9F3N2O5S. The van der Waals surface area contributed by atoms with Crippen LogP contribution in [0.5, 0.6) is 5.75 Å². The molecule has 128 valence electrons. The summed E-state index contributed by atoms with van der Waals surface area (Å²) in [6.07, 6.45) is 0. The molecule has 2 aromatic rings. The second-order valence-electron chi connectivity index (χ2n) is 4.42. The first kappa shape index (κ1) is 17.5. The number of nitrogens with zero attached hydrogens (tertiary/aromatic N) is 1. The molecule has 1 N–H and O–H groups in total. The Labute approximate surface area is 133 Å². The SMILES string of the molecule is COc1ccc(S(=O)(=O)Nc2ccc(F)c(F)c2F)c([N+](=O)[O-])c1. The Balaban J connectivity index is 2.52. The zero-order valence-corrected chi connectivity index (χ0v) is 12.7. The highest BCUT2D eigenvalue weighted by Gasteiger charge is 2.28. The van der Waals surface area contributed by atoms with Crippen LogP contribution in [0.3, 0.4) is 0 Å². The summed E-state index contributed by atoms with van der Waals surface area (Å²) >= 11 is 0. The minimum atomic E-state index is -4.64. The predicted octanol–water partition coefficient (Wildman–Crippen LogP) is 2.82. The first-order valence-electron chi connectivity index (χ1n) is 6.16. The van der Waals surface area contributed by atoms with Crippen LogP contribution in [0, 0.1) is 27.6 Å². The van der Waals surface area contributed by atoms with Gasteiger partial charge in [-0.15, -0.1) is 0 Å². The maximum absolute atomic E-state index is 13.6. The number of sulfonamides is 1. The summed E-state index contributed by atoms with van der Waals surface area (Å²) in [7, 11) is -3.42. The van der Waals surface area contributed by atoms with E-state index >= 15 is 0 Å². The summed E-state index contributed by atoms with van der Waals surface area (Å²) in [5.41, 5.74) is -1.72. The standard InChI is InChI=1S/C13H9F3N2O5S/c1-23-7-2-5-11(10(6-7)18(19)20)24(21,22)17-9-4-3-8(14)12(15)13(9)16/h2-6,17H,1H3. The molecule has 2 aromatic carbocycles. The van der Waals surface area contributed by atoms with Gasteiger partial charge in [0, 0.05) is 0 Å². The van der Waals surface area contributed by atoms with Crippen LogP contribution in [0.25, 0.3) is 0 Å². The van der Waals surface area contributed by atoms with Crippen molar-refractivity contribution in [3.8, 4) is 5.75 Å². The lowest BCUT2D eigenvalue weighted by atomic mass is 10.3. The van der Waals surface area contributed by atoms with Crippen molar-refractivity contribution in [2.45, 2.75) is 4.90 Å². The zero-order chi connectivity index (χ0) is 18.1. The molecule has 0 aliphatic heterocycles. The number of nitro benzene ring substituents is 1. The van der Waals surface area contributed by atoms with Crippen molar-refractivity contribution in [1.29, 1.82) is 0 Å². The largest absolute Gasteiger partial charge is 0.497 e. The summed E-state index contributed by atoms with van der Waals surface area (Å²) in [4.78, 5) is 9.26. The first-order chi connectivity index (χ1) is 11.2. The van der Waals surface area contributed by atoms with Gasteiger partial charge in [0.2, 0.25) is 0 Å². The Kier molecular flexibility index (Phi) is 4.64. The molecule has 0 radical (unpaired) electrons. The minimum absolute atomic E-state index is 0.0275. The Morgan fingerprint density at radius 2 is 1.79 bits per heavy atom. The van der Waals surface area contributed by atoms with Crippen LogP contribution in [-0.4, -0.2) is 20.5 Å². The van der Waals surface area contributed by atoms with Crippen molar-refractivity contribution in [2.24, 2.45) is 0 Å². The quantitative estimate of drug-likeness (QED) is 0.501. The van der Waals surface area contributed by atoms with Gasteiger partial charge in [0.15, 0.2) is 22.3 Å². The molecule has 0 amide bonds. The van der Waals surface area contributed by atoms with Crippen LogP contribution < -0.4 is 9.46 Å². The van der Waals surface area contributed by atoms with Crippen molar-refractivity contribution in [3.05, 3.63) is 57.9 Å². The number of rotatable bonds is 5. The van der Waals surface area contributed by atoms with Crippen molar-refractivity contribution in [3.63, 3.8) is 0 Å². The molecular weight excluding hydrogens is 353 g/mol. The molecule has 0 fully saturated rings. The maximum atomic E-state index is 13.6. The molecule has 0 saturated heterocycles. The minimum Gasteiger partial charge on any atom is -0.497 e. The smallest absolute Gasteiger partial charge is 0.293 e. The highest BCUT2D eigenvalue weighted by Crippen LogP contribution is 2.30. The summed E-state index contributed by atoms with van der Waals surface area (Å²) in [6.45, 7) is 0. The van der Waals surface area contributed by atoms with Gasteiger partial charge in [-0.25, -0.2) is 21.6 Å². The lowest BCUT2D eigenvalue weighted by molar-refractivity contribution is -0.387.